The first kappa shape index (κ1) is 30.2. The summed E-state index contributed by atoms with van der Waals surface area (Å²) in [4.78, 5) is 30.2. The second kappa shape index (κ2) is 19.8. The summed E-state index contributed by atoms with van der Waals surface area (Å²) in [7, 11) is 0. The lowest BCUT2D eigenvalue weighted by Gasteiger charge is -2.16. The third-order valence-corrected chi connectivity index (χ3v) is 5.89. The van der Waals surface area contributed by atoms with Crippen LogP contribution in [0.5, 0.6) is 0 Å². The molecular weight excluding hydrogens is 412 g/mol. The minimum Gasteiger partial charge on any atom is -0.319 e. The standard InChI is InChI=1S/C24H43N2O6/c1-2-3-4-5-6-7-8-9-10-11-12-13-14-15-16-17-18-19-20-21-23(25(29)30)24(28,22-27)26(31)32/h9-10,23,28H,2-8,11-21H2,1H3. The zero-order valence-electron chi connectivity index (χ0n) is 19.8. The summed E-state index contributed by atoms with van der Waals surface area (Å²) in [5, 5.41) is 31.4. The molecule has 0 aliphatic rings. The lowest BCUT2D eigenvalue weighted by molar-refractivity contribution is -0.675. The maximum atomic E-state index is 11.0. The topological polar surface area (TPSA) is 124 Å². The number of allylic oxidation sites excluding steroid dienone is 2. The van der Waals surface area contributed by atoms with Crippen molar-refractivity contribution in [2.75, 3.05) is 0 Å². The Morgan fingerprint density at radius 1 is 0.781 bits per heavy atom. The molecule has 185 valence electrons. The molecule has 0 amide bonds. The van der Waals surface area contributed by atoms with E-state index in [1.807, 2.05) is 0 Å². The summed E-state index contributed by atoms with van der Waals surface area (Å²) in [5.74, 6) is 0. The van der Waals surface area contributed by atoms with Crippen LogP contribution in [0.1, 0.15) is 122 Å². The van der Waals surface area contributed by atoms with Gasteiger partial charge in [-0.2, -0.15) is 0 Å². The van der Waals surface area contributed by atoms with Gasteiger partial charge in [-0.05, 0) is 32.1 Å². The first-order valence-corrected chi connectivity index (χ1v) is 12.4. The molecule has 0 aromatic rings. The highest BCUT2D eigenvalue weighted by Gasteiger charge is 2.58. The molecule has 8 heteroatoms. The third-order valence-electron chi connectivity index (χ3n) is 5.89. The van der Waals surface area contributed by atoms with E-state index in [1.54, 1.807) is 0 Å². The number of aliphatic hydroxyl groups is 1. The molecule has 0 aliphatic carbocycles. The molecule has 0 rings (SSSR count). The molecule has 2 unspecified atom stereocenters. The fraction of sp³-hybridized carbons (Fsp3) is 0.875. The number of nitrogens with zero attached hydrogens (tertiary/aromatic N) is 2. The average Bonchev–Trinajstić information content (AvgIpc) is 2.77. The summed E-state index contributed by atoms with van der Waals surface area (Å²) in [5.41, 5.74) is -3.27. The lowest BCUT2D eigenvalue weighted by atomic mass is 9.98. The summed E-state index contributed by atoms with van der Waals surface area (Å²) in [6.07, 6.45) is 24.5. The van der Waals surface area contributed by atoms with Crippen LogP contribution >= 0.6 is 0 Å². The molecule has 0 spiro atoms. The van der Waals surface area contributed by atoms with Gasteiger partial charge in [0.25, 0.3) is 0 Å². The quantitative estimate of drug-likeness (QED) is 0.0633. The number of unbranched alkanes of at least 4 members (excludes halogenated alkanes) is 15. The molecule has 1 radical (unpaired) electrons. The zero-order chi connectivity index (χ0) is 24.1. The van der Waals surface area contributed by atoms with E-state index in [1.165, 1.54) is 70.6 Å². The van der Waals surface area contributed by atoms with Crippen LogP contribution in [0.3, 0.4) is 0 Å². The van der Waals surface area contributed by atoms with E-state index in [0.29, 0.717) is 12.8 Å². The highest BCUT2D eigenvalue weighted by molar-refractivity contribution is 5.61. The van der Waals surface area contributed by atoms with Gasteiger partial charge in [-0.15, -0.1) is 0 Å². The van der Waals surface area contributed by atoms with Gasteiger partial charge in [-0.25, -0.2) is 0 Å². The van der Waals surface area contributed by atoms with Gasteiger partial charge in [0, 0.05) is 11.3 Å². The van der Waals surface area contributed by atoms with Crippen molar-refractivity contribution in [1.82, 2.24) is 0 Å². The van der Waals surface area contributed by atoms with E-state index in [0.717, 1.165) is 32.0 Å². The van der Waals surface area contributed by atoms with Gasteiger partial charge in [-0.3, -0.25) is 25.0 Å². The first-order valence-electron chi connectivity index (χ1n) is 12.4. The summed E-state index contributed by atoms with van der Waals surface area (Å²) in [6.45, 7) is 2.24. The molecule has 0 saturated carbocycles. The zero-order valence-corrected chi connectivity index (χ0v) is 19.8. The summed E-state index contributed by atoms with van der Waals surface area (Å²) >= 11 is 0. The molecule has 32 heavy (non-hydrogen) atoms. The SMILES string of the molecule is CCCCCCCCC=CCCCCCCCCCCCC([N+](=O)[O-])C(O)([C]=O)[N+](=O)[O-]. The molecule has 0 aliphatic heterocycles. The van der Waals surface area contributed by atoms with Crippen LogP contribution in [-0.2, 0) is 4.79 Å². The smallest absolute Gasteiger partial charge is 0.319 e. The van der Waals surface area contributed by atoms with Gasteiger partial charge < -0.3 is 5.11 Å². The molecule has 8 nitrogen and oxygen atoms in total. The van der Waals surface area contributed by atoms with Crippen molar-refractivity contribution < 1.29 is 19.7 Å². The van der Waals surface area contributed by atoms with Crippen molar-refractivity contribution in [2.24, 2.45) is 0 Å². The molecule has 0 aromatic heterocycles. The second-order valence-corrected chi connectivity index (χ2v) is 8.67. The van der Waals surface area contributed by atoms with Crippen molar-refractivity contribution in [3.63, 3.8) is 0 Å². The Bertz CT molecular complexity index is 541. The maximum absolute atomic E-state index is 11.0. The maximum Gasteiger partial charge on any atom is 0.456 e. The Hall–Kier alpha value is -1.83. The van der Waals surface area contributed by atoms with Gasteiger partial charge in [0.05, 0.1) is 4.92 Å². The van der Waals surface area contributed by atoms with Crippen LogP contribution in [0, 0.1) is 20.2 Å². The number of hydrogen-bond donors (Lipinski definition) is 1. The van der Waals surface area contributed by atoms with Gasteiger partial charge in [-0.1, -0.05) is 96.1 Å². The summed E-state index contributed by atoms with van der Waals surface area (Å²) in [6, 6.07) is -1.96. The molecule has 0 bridgehead atoms. The van der Waals surface area contributed by atoms with Crippen molar-refractivity contribution in [2.45, 2.75) is 134 Å². The molecule has 0 aromatic carbocycles. The fourth-order valence-electron chi connectivity index (χ4n) is 3.80. The Morgan fingerprint density at radius 3 is 1.56 bits per heavy atom. The highest BCUT2D eigenvalue weighted by Crippen LogP contribution is 2.20. The van der Waals surface area contributed by atoms with E-state index in [-0.39, 0.29) is 6.42 Å². The van der Waals surface area contributed by atoms with Crippen LogP contribution in [-0.4, -0.2) is 33.0 Å². The first-order chi connectivity index (χ1) is 15.4. The van der Waals surface area contributed by atoms with Crippen LogP contribution in [0.15, 0.2) is 12.2 Å². The minimum absolute atomic E-state index is 0.216. The van der Waals surface area contributed by atoms with E-state index in [9.17, 15) is 30.1 Å². The Balaban J connectivity index is 3.59. The second-order valence-electron chi connectivity index (χ2n) is 8.67. The van der Waals surface area contributed by atoms with Crippen LogP contribution in [0.4, 0.5) is 0 Å². The average molecular weight is 456 g/mol. The Morgan fingerprint density at radius 2 is 1.19 bits per heavy atom. The molecular formula is C24H43N2O6. The number of nitro groups is 2. The monoisotopic (exact) mass is 455 g/mol. The highest BCUT2D eigenvalue weighted by atomic mass is 16.7. The number of rotatable bonds is 23. The van der Waals surface area contributed by atoms with Gasteiger partial charge in [0.2, 0.25) is 0 Å². The van der Waals surface area contributed by atoms with Crippen molar-refractivity contribution in [3.05, 3.63) is 32.4 Å². The van der Waals surface area contributed by atoms with E-state index >= 15 is 0 Å². The van der Waals surface area contributed by atoms with E-state index in [4.69, 9.17) is 0 Å². The fourth-order valence-corrected chi connectivity index (χ4v) is 3.80. The summed E-state index contributed by atoms with van der Waals surface area (Å²) < 4.78 is 0. The molecule has 0 heterocycles. The van der Waals surface area contributed by atoms with Crippen molar-refractivity contribution in [1.29, 1.82) is 0 Å². The van der Waals surface area contributed by atoms with Gasteiger partial charge in [0.1, 0.15) is 0 Å². The van der Waals surface area contributed by atoms with Crippen LogP contribution in [0.25, 0.3) is 0 Å². The molecule has 2 atom stereocenters. The molecule has 1 N–H and O–H groups in total. The largest absolute Gasteiger partial charge is 0.456 e. The molecule has 0 saturated heterocycles. The lowest BCUT2D eigenvalue weighted by Crippen LogP contribution is -2.54. The Labute approximate surface area is 193 Å². The Kier molecular flexibility index (Phi) is 18.7. The van der Waals surface area contributed by atoms with Gasteiger partial charge in [0.15, 0.2) is 0 Å². The minimum atomic E-state index is -3.27. The van der Waals surface area contributed by atoms with E-state index < -0.39 is 21.6 Å². The normalized spacial score (nSPS) is 14.3. The van der Waals surface area contributed by atoms with Crippen molar-refractivity contribution >= 4 is 6.29 Å². The van der Waals surface area contributed by atoms with Crippen LogP contribution < -0.4 is 0 Å². The molecule has 0 fully saturated rings. The predicted molar refractivity (Wildman–Crippen MR) is 126 cm³/mol. The van der Waals surface area contributed by atoms with Gasteiger partial charge >= 0.3 is 18.1 Å². The van der Waals surface area contributed by atoms with E-state index in [2.05, 4.69) is 19.1 Å². The third kappa shape index (κ3) is 14.3. The van der Waals surface area contributed by atoms with Crippen LogP contribution in [0.2, 0.25) is 0 Å². The number of hydrogen-bond acceptors (Lipinski definition) is 6. The predicted octanol–water partition coefficient (Wildman–Crippen LogP) is 6.30. The number of carbonyl (C=O) groups excluding carboxylic acids is 1. The van der Waals surface area contributed by atoms with Crippen molar-refractivity contribution in [3.8, 4) is 0 Å².